The van der Waals surface area contributed by atoms with E-state index in [1.165, 1.54) is 0 Å². The van der Waals surface area contributed by atoms with Crippen LogP contribution in [0.1, 0.15) is 31.1 Å². The Bertz CT molecular complexity index is 1030. The van der Waals surface area contributed by atoms with Gasteiger partial charge >= 0.3 is 18.1 Å². The van der Waals surface area contributed by atoms with Crippen molar-refractivity contribution in [3.05, 3.63) is 54.1 Å². The Hall–Kier alpha value is -3.55. The van der Waals surface area contributed by atoms with E-state index in [-0.39, 0.29) is 23.7 Å². The lowest BCUT2D eigenvalue weighted by molar-refractivity contribution is 0.0128. The minimum Gasteiger partial charge on any atom is -0.478 e. The van der Waals surface area contributed by atoms with Gasteiger partial charge in [-0.05, 0) is 56.2 Å². The number of rotatable bonds is 3. The van der Waals surface area contributed by atoms with Crippen molar-refractivity contribution in [3.8, 4) is 11.1 Å². The number of carboxylic acid groups (broad SMARTS) is 1. The van der Waals surface area contributed by atoms with E-state index in [1.807, 2.05) is 49.9 Å². The highest BCUT2D eigenvalue weighted by atomic mass is 16.6. The number of aromatic carboxylic acids is 1. The summed E-state index contributed by atoms with van der Waals surface area (Å²) in [4.78, 5) is 41.6. The largest absolute Gasteiger partial charge is 0.478 e. The average molecular weight is 437 g/mol. The third-order valence-electron chi connectivity index (χ3n) is 5.65. The molecule has 32 heavy (non-hydrogen) atoms. The van der Waals surface area contributed by atoms with Gasteiger partial charge in [-0.15, -0.1) is 0 Å². The van der Waals surface area contributed by atoms with Crippen LogP contribution in [-0.4, -0.2) is 70.8 Å². The highest BCUT2D eigenvalue weighted by molar-refractivity contribution is 5.95. The van der Waals surface area contributed by atoms with Crippen LogP contribution >= 0.6 is 0 Å². The molecule has 0 saturated carbocycles. The fourth-order valence-corrected chi connectivity index (χ4v) is 4.05. The molecule has 0 radical (unpaired) electrons. The molecule has 3 amide bonds. The fraction of sp³-hybridized carbons (Fsp3) is 0.375. The van der Waals surface area contributed by atoms with Crippen molar-refractivity contribution in [2.45, 2.75) is 32.4 Å². The van der Waals surface area contributed by atoms with E-state index in [1.54, 1.807) is 34.1 Å². The van der Waals surface area contributed by atoms with Crippen molar-refractivity contribution < 1.29 is 24.2 Å². The normalized spacial score (nSPS) is 18.5. The lowest BCUT2D eigenvalue weighted by Gasteiger charge is -2.36. The first-order chi connectivity index (χ1) is 15.1. The molecule has 0 bridgehead atoms. The molecule has 0 unspecified atom stereocenters. The molecule has 2 aromatic carbocycles. The van der Waals surface area contributed by atoms with E-state index in [9.17, 15) is 14.4 Å². The first-order valence-corrected chi connectivity index (χ1v) is 10.6. The number of carbonyl (C=O) groups is 3. The summed E-state index contributed by atoms with van der Waals surface area (Å²) in [6, 6.07) is 14.2. The Labute approximate surface area is 187 Å². The highest BCUT2D eigenvalue weighted by Gasteiger charge is 2.42. The van der Waals surface area contributed by atoms with E-state index in [4.69, 9.17) is 9.84 Å². The summed E-state index contributed by atoms with van der Waals surface area (Å²) < 4.78 is 5.48. The number of hydrogen-bond donors (Lipinski definition) is 1. The predicted molar refractivity (Wildman–Crippen MR) is 120 cm³/mol. The quantitative estimate of drug-likeness (QED) is 0.786. The molecule has 0 spiro atoms. The average Bonchev–Trinajstić information content (AvgIpc) is 3.08. The minimum absolute atomic E-state index is 0.0580. The van der Waals surface area contributed by atoms with Crippen LogP contribution in [0.25, 0.3) is 11.1 Å². The summed E-state index contributed by atoms with van der Waals surface area (Å²) >= 11 is 0. The molecular weight excluding hydrogens is 410 g/mol. The maximum absolute atomic E-state index is 13.0. The number of carbonyl (C=O) groups excluding carboxylic acids is 2. The van der Waals surface area contributed by atoms with Crippen molar-refractivity contribution >= 4 is 23.8 Å². The molecule has 2 heterocycles. The zero-order chi connectivity index (χ0) is 23.0. The first kappa shape index (κ1) is 21.7. The predicted octanol–water partition coefficient (Wildman–Crippen LogP) is 3.91. The maximum Gasteiger partial charge on any atom is 0.410 e. The standard InChI is InChI=1S/C24H27N3O5/c1-24(2,3)32-23(31)25-12-13-26-20(14-25)15-27(22(26)30)19-10-8-17(9-11-19)16-4-6-18(7-5-16)21(28)29/h4-11,20H,12-15H2,1-3H3,(H,28,29)/t20-/m0/s1. The molecule has 1 atom stereocenters. The number of nitrogens with zero attached hydrogens (tertiary/aromatic N) is 3. The summed E-state index contributed by atoms with van der Waals surface area (Å²) in [7, 11) is 0. The molecule has 2 saturated heterocycles. The van der Waals surface area contributed by atoms with Crippen LogP contribution in [0, 0.1) is 0 Å². The molecule has 1 N–H and O–H groups in total. The Morgan fingerprint density at radius 1 is 0.938 bits per heavy atom. The van der Waals surface area contributed by atoms with Gasteiger partial charge in [-0.3, -0.25) is 4.90 Å². The molecule has 8 nitrogen and oxygen atoms in total. The molecule has 2 aromatic rings. The third kappa shape index (κ3) is 4.39. The van der Waals surface area contributed by atoms with E-state index in [0.29, 0.717) is 26.2 Å². The summed E-state index contributed by atoms with van der Waals surface area (Å²) in [5.41, 5.74) is 2.32. The SMILES string of the molecule is CC(C)(C)OC(=O)N1CCN2C(=O)N(c3ccc(-c4ccc(C(=O)O)cc4)cc3)C[C@@H]2C1. The van der Waals surface area contributed by atoms with Gasteiger partial charge in [0.25, 0.3) is 0 Å². The number of urea groups is 1. The number of anilines is 1. The van der Waals surface area contributed by atoms with Crippen LogP contribution in [0.2, 0.25) is 0 Å². The maximum atomic E-state index is 13.0. The van der Waals surface area contributed by atoms with Gasteiger partial charge in [-0.2, -0.15) is 0 Å². The molecule has 168 valence electrons. The van der Waals surface area contributed by atoms with E-state index in [2.05, 4.69) is 0 Å². The van der Waals surface area contributed by atoms with E-state index in [0.717, 1.165) is 16.8 Å². The molecule has 2 aliphatic heterocycles. The smallest absolute Gasteiger partial charge is 0.410 e. The van der Waals surface area contributed by atoms with Crippen LogP contribution in [0.5, 0.6) is 0 Å². The molecular formula is C24H27N3O5. The molecule has 0 aliphatic carbocycles. The van der Waals surface area contributed by atoms with Crippen LogP contribution < -0.4 is 4.90 Å². The van der Waals surface area contributed by atoms with Gasteiger partial charge in [-0.25, -0.2) is 14.4 Å². The van der Waals surface area contributed by atoms with Crippen molar-refractivity contribution in [3.63, 3.8) is 0 Å². The number of hydrogen-bond acceptors (Lipinski definition) is 4. The number of amides is 3. The number of fused-ring (bicyclic) bond motifs is 1. The summed E-state index contributed by atoms with van der Waals surface area (Å²) in [6.45, 7) is 7.41. The van der Waals surface area contributed by atoms with E-state index < -0.39 is 11.6 Å². The van der Waals surface area contributed by atoms with Gasteiger partial charge in [0.2, 0.25) is 0 Å². The Balaban J connectivity index is 1.44. The van der Waals surface area contributed by atoms with Gasteiger partial charge in [0.05, 0.1) is 11.6 Å². The van der Waals surface area contributed by atoms with Gasteiger partial charge in [0, 0.05) is 31.9 Å². The van der Waals surface area contributed by atoms with Crippen molar-refractivity contribution in [1.29, 1.82) is 0 Å². The van der Waals surface area contributed by atoms with Crippen LogP contribution in [0.4, 0.5) is 15.3 Å². The second-order valence-electron chi connectivity index (χ2n) is 9.10. The number of benzene rings is 2. The Morgan fingerprint density at radius 3 is 2.09 bits per heavy atom. The monoisotopic (exact) mass is 437 g/mol. The molecule has 8 heteroatoms. The zero-order valence-electron chi connectivity index (χ0n) is 18.4. The lowest BCUT2D eigenvalue weighted by atomic mass is 10.0. The number of ether oxygens (including phenoxy) is 1. The van der Waals surface area contributed by atoms with Crippen molar-refractivity contribution in [1.82, 2.24) is 9.80 Å². The lowest BCUT2D eigenvalue weighted by Crippen LogP contribution is -2.54. The Kier molecular flexibility index (Phi) is 5.54. The third-order valence-corrected chi connectivity index (χ3v) is 5.65. The second-order valence-corrected chi connectivity index (χ2v) is 9.10. The van der Waals surface area contributed by atoms with Gasteiger partial charge in [-0.1, -0.05) is 24.3 Å². The van der Waals surface area contributed by atoms with Gasteiger partial charge < -0.3 is 19.6 Å². The summed E-state index contributed by atoms with van der Waals surface area (Å²) in [6.07, 6.45) is -0.346. The molecule has 4 rings (SSSR count). The van der Waals surface area contributed by atoms with Crippen LogP contribution in [0.15, 0.2) is 48.5 Å². The molecule has 2 aliphatic rings. The molecule has 2 fully saturated rings. The number of carboxylic acids is 1. The van der Waals surface area contributed by atoms with Crippen molar-refractivity contribution in [2.24, 2.45) is 0 Å². The summed E-state index contributed by atoms with van der Waals surface area (Å²) in [5.74, 6) is -0.957. The van der Waals surface area contributed by atoms with Gasteiger partial charge in [0.1, 0.15) is 5.60 Å². The highest BCUT2D eigenvalue weighted by Crippen LogP contribution is 2.29. The minimum atomic E-state index is -0.957. The fourth-order valence-electron chi connectivity index (χ4n) is 4.05. The number of piperazine rings is 1. The second kappa shape index (κ2) is 8.18. The van der Waals surface area contributed by atoms with Gasteiger partial charge in [0.15, 0.2) is 0 Å². The first-order valence-electron chi connectivity index (χ1n) is 10.6. The van der Waals surface area contributed by atoms with Crippen LogP contribution in [0.3, 0.4) is 0 Å². The zero-order valence-corrected chi connectivity index (χ0v) is 18.4. The van der Waals surface area contributed by atoms with E-state index >= 15 is 0 Å². The van der Waals surface area contributed by atoms with Crippen LogP contribution in [-0.2, 0) is 4.74 Å². The van der Waals surface area contributed by atoms with Crippen molar-refractivity contribution in [2.75, 3.05) is 31.1 Å². The summed E-state index contributed by atoms with van der Waals surface area (Å²) in [5, 5.41) is 9.04. The Morgan fingerprint density at radius 2 is 1.53 bits per heavy atom. The topological polar surface area (TPSA) is 90.4 Å². The molecule has 0 aromatic heterocycles.